The van der Waals surface area contributed by atoms with E-state index in [2.05, 4.69) is 12.2 Å². The van der Waals surface area contributed by atoms with Crippen LogP contribution in [0.5, 0.6) is 0 Å². The molecule has 0 rings (SSSR count). The summed E-state index contributed by atoms with van der Waals surface area (Å²) in [5, 5.41) is 3.27. The van der Waals surface area contributed by atoms with Crippen LogP contribution in [0.4, 0.5) is 0 Å². The molecule has 1 unspecified atom stereocenters. The molecule has 1 atom stereocenters. The van der Waals surface area contributed by atoms with E-state index in [0.717, 1.165) is 25.9 Å². The normalized spacial score (nSPS) is 14.1. The van der Waals surface area contributed by atoms with Crippen molar-refractivity contribution < 1.29 is 13.3 Å². The largest absolute Gasteiger partial charge is 0.503 e. The number of rotatable bonds is 10. The molecule has 0 aliphatic carbocycles. The number of hydrogen-bond donors (Lipinski definition) is 2. The standard InChI is InChI=1S/C10H26N2O3Si/c1-5-10(6-8-12-9-7-11)16(13-2,14-3)15-4/h10,12H,5-9,11H2,1-4H3. The number of nitrogens with two attached hydrogens (primary N) is 1. The van der Waals surface area contributed by atoms with Gasteiger partial charge in [0, 0.05) is 40.0 Å². The Morgan fingerprint density at radius 1 is 1.12 bits per heavy atom. The SMILES string of the molecule is CCC(CCNCCN)[Si](OC)(OC)OC. The second-order valence-corrected chi connectivity index (χ2v) is 6.90. The summed E-state index contributed by atoms with van der Waals surface area (Å²) in [6.45, 7) is 4.56. The molecule has 5 nitrogen and oxygen atoms in total. The van der Waals surface area contributed by atoms with E-state index >= 15 is 0 Å². The van der Waals surface area contributed by atoms with E-state index in [0.29, 0.717) is 12.1 Å². The van der Waals surface area contributed by atoms with Crippen molar-refractivity contribution in [2.45, 2.75) is 25.3 Å². The molecule has 0 saturated carbocycles. The minimum Gasteiger partial charge on any atom is -0.377 e. The van der Waals surface area contributed by atoms with Gasteiger partial charge in [0.15, 0.2) is 0 Å². The predicted octanol–water partition coefficient (Wildman–Crippen LogP) is 0.583. The lowest BCUT2D eigenvalue weighted by atomic mass is 10.2. The van der Waals surface area contributed by atoms with Crippen LogP contribution >= 0.6 is 0 Å². The summed E-state index contributed by atoms with van der Waals surface area (Å²) >= 11 is 0. The summed E-state index contributed by atoms with van der Waals surface area (Å²) in [6.07, 6.45) is 1.98. The molecule has 0 saturated heterocycles. The fourth-order valence-corrected chi connectivity index (χ4v) is 4.38. The Balaban J connectivity index is 4.21. The van der Waals surface area contributed by atoms with Crippen LogP contribution in [0.25, 0.3) is 0 Å². The topological polar surface area (TPSA) is 65.7 Å². The first-order valence-electron chi connectivity index (χ1n) is 5.76. The highest BCUT2D eigenvalue weighted by Gasteiger charge is 2.45. The molecule has 0 aromatic carbocycles. The van der Waals surface area contributed by atoms with Crippen molar-refractivity contribution in [3.8, 4) is 0 Å². The first kappa shape index (κ1) is 16.0. The van der Waals surface area contributed by atoms with Gasteiger partial charge in [-0.25, -0.2) is 0 Å². The van der Waals surface area contributed by atoms with Gasteiger partial charge in [0.2, 0.25) is 0 Å². The molecule has 0 amide bonds. The maximum atomic E-state index is 5.49. The molecule has 0 aromatic heterocycles. The average molecular weight is 250 g/mol. The molecule has 0 aliphatic heterocycles. The van der Waals surface area contributed by atoms with E-state index in [4.69, 9.17) is 19.0 Å². The Kier molecular flexibility index (Phi) is 9.10. The van der Waals surface area contributed by atoms with Crippen molar-refractivity contribution in [3.05, 3.63) is 0 Å². The zero-order valence-corrected chi connectivity index (χ0v) is 11.9. The minimum atomic E-state index is -2.48. The van der Waals surface area contributed by atoms with Crippen molar-refractivity contribution in [3.63, 3.8) is 0 Å². The Hall–Kier alpha value is 0.0169. The highest BCUT2D eigenvalue weighted by atomic mass is 28.4. The van der Waals surface area contributed by atoms with E-state index in [1.807, 2.05) is 0 Å². The number of nitrogens with one attached hydrogen (secondary N) is 1. The van der Waals surface area contributed by atoms with Gasteiger partial charge >= 0.3 is 8.80 Å². The van der Waals surface area contributed by atoms with E-state index in [1.54, 1.807) is 21.3 Å². The second-order valence-electron chi connectivity index (χ2n) is 3.65. The zero-order chi connectivity index (χ0) is 12.4. The summed E-state index contributed by atoms with van der Waals surface area (Å²) in [5.41, 5.74) is 5.75. The third-order valence-corrected chi connectivity index (χ3v) is 6.24. The quantitative estimate of drug-likeness (QED) is 0.439. The van der Waals surface area contributed by atoms with Crippen LogP contribution in [0, 0.1) is 0 Å². The maximum absolute atomic E-state index is 5.49. The van der Waals surface area contributed by atoms with Crippen molar-refractivity contribution in [2.24, 2.45) is 5.73 Å². The fourth-order valence-electron chi connectivity index (χ4n) is 1.88. The molecule has 0 aromatic rings. The molecule has 0 radical (unpaired) electrons. The lowest BCUT2D eigenvalue weighted by molar-refractivity contribution is 0.109. The van der Waals surface area contributed by atoms with Crippen LogP contribution in [0.1, 0.15) is 19.8 Å². The second kappa shape index (κ2) is 9.09. The Labute approximate surface area is 100 Å². The first-order chi connectivity index (χ1) is 7.70. The lowest BCUT2D eigenvalue weighted by Crippen LogP contribution is -2.48. The van der Waals surface area contributed by atoms with Crippen LogP contribution < -0.4 is 11.1 Å². The highest BCUT2D eigenvalue weighted by Crippen LogP contribution is 2.30. The third kappa shape index (κ3) is 4.48. The third-order valence-electron chi connectivity index (χ3n) is 2.84. The van der Waals surface area contributed by atoms with Crippen molar-refractivity contribution in [2.75, 3.05) is 41.0 Å². The Morgan fingerprint density at radius 2 is 1.69 bits per heavy atom. The van der Waals surface area contributed by atoms with Gasteiger partial charge in [-0.3, -0.25) is 0 Å². The van der Waals surface area contributed by atoms with Crippen LogP contribution in [0.2, 0.25) is 5.54 Å². The monoisotopic (exact) mass is 250 g/mol. The van der Waals surface area contributed by atoms with Crippen molar-refractivity contribution >= 4 is 8.80 Å². The molecule has 0 heterocycles. The molecule has 98 valence electrons. The Bertz CT molecular complexity index is 160. The van der Waals surface area contributed by atoms with E-state index in [1.165, 1.54) is 0 Å². The van der Waals surface area contributed by atoms with E-state index in [-0.39, 0.29) is 0 Å². The van der Waals surface area contributed by atoms with Gasteiger partial charge in [0.25, 0.3) is 0 Å². The predicted molar refractivity (Wildman–Crippen MR) is 67.4 cm³/mol. The summed E-state index contributed by atoms with van der Waals surface area (Å²) in [6, 6.07) is 0. The van der Waals surface area contributed by atoms with Crippen LogP contribution in [-0.4, -0.2) is 49.8 Å². The summed E-state index contributed by atoms with van der Waals surface area (Å²) in [4.78, 5) is 0. The summed E-state index contributed by atoms with van der Waals surface area (Å²) in [5.74, 6) is 0. The summed E-state index contributed by atoms with van der Waals surface area (Å²) < 4.78 is 16.5. The van der Waals surface area contributed by atoms with E-state index in [9.17, 15) is 0 Å². The molecular formula is C10H26N2O3Si. The lowest BCUT2D eigenvalue weighted by Gasteiger charge is -2.31. The average Bonchev–Trinajstić information content (AvgIpc) is 2.34. The fraction of sp³-hybridized carbons (Fsp3) is 1.00. The molecule has 0 bridgehead atoms. The summed E-state index contributed by atoms with van der Waals surface area (Å²) in [7, 11) is 2.51. The highest BCUT2D eigenvalue weighted by molar-refractivity contribution is 6.62. The van der Waals surface area contributed by atoms with Gasteiger partial charge < -0.3 is 24.3 Å². The van der Waals surface area contributed by atoms with Gasteiger partial charge in [0.1, 0.15) is 0 Å². The smallest absolute Gasteiger partial charge is 0.377 e. The van der Waals surface area contributed by atoms with Gasteiger partial charge in [-0.1, -0.05) is 6.92 Å². The van der Waals surface area contributed by atoms with Gasteiger partial charge in [-0.15, -0.1) is 0 Å². The molecule has 6 heteroatoms. The van der Waals surface area contributed by atoms with Gasteiger partial charge in [-0.05, 0) is 19.4 Å². The van der Waals surface area contributed by atoms with Crippen molar-refractivity contribution in [1.82, 2.24) is 5.32 Å². The number of hydrogen-bond acceptors (Lipinski definition) is 5. The molecular weight excluding hydrogens is 224 g/mol. The molecule has 16 heavy (non-hydrogen) atoms. The Morgan fingerprint density at radius 3 is 2.06 bits per heavy atom. The van der Waals surface area contributed by atoms with Crippen molar-refractivity contribution in [1.29, 1.82) is 0 Å². The molecule has 0 aliphatic rings. The van der Waals surface area contributed by atoms with E-state index < -0.39 is 8.80 Å². The molecule has 0 fully saturated rings. The minimum absolute atomic E-state index is 0.331. The molecule has 0 spiro atoms. The van der Waals surface area contributed by atoms with Crippen LogP contribution in [0.15, 0.2) is 0 Å². The van der Waals surface area contributed by atoms with Gasteiger partial charge in [-0.2, -0.15) is 0 Å². The van der Waals surface area contributed by atoms with Crippen LogP contribution in [0.3, 0.4) is 0 Å². The van der Waals surface area contributed by atoms with Gasteiger partial charge in [0.05, 0.1) is 0 Å². The first-order valence-corrected chi connectivity index (χ1v) is 7.57. The zero-order valence-electron chi connectivity index (χ0n) is 10.9. The maximum Gasteiger partial charge on any atom is 0.503 e. The molecule has 3 N–H and O–H groups in total. The van der Waals surface area contributed by atoms with Crippen LogP contribution in [-0.2, 0) is 13.3 Å².